The SMILES string of the molecule is CC(CC=O)c1cc(F)c(OCc2ccccc2)c(Br)c1. The fourth-order valence-corrected chi connectivity index (χ4v) is 2.58. The molecule has 0 aliphatic carbocycles. The first kappa shape index (κ1) is 15.7. The summed E-state index contributed by atoms with van der Waals surface area (Å²) in [5.74, 6) is -0.245. The number of hydrogen-bond donors (Lipinski definition) is 0. The van der Waals surface area contributed by atoms with Crippen molar-refractivity contribution in [2.75, 3.05) is 0 Å². The van der Waals surface area contributed by atoms with Crippen LogP contribution in [0.2, 0.25) is 0 Å². The lowest BCUT2D eigenvalue weighted by Crippen LogP contribution is -2.01. The first-order chi connectivity index (χ1) is 10.1. The van der Waals surface area contributed by atoms with Crippen molar-refractivity contribution in [1.82, 2.24) is 0 Å². The van der Waals surface area contributed by atoms with E-state index >= 15 is 0 Å². The zero-order chi connectivity index (χ0) is 15.2. The standard InChI is InChI=1S/C17H16BrFO2/c1-12(7-8-20)14-9-15(18)17(16(19)10-14)21-11-13-5-3-2-4-6-13/h2-6,8-10,12H,7,11H2,1H3. The van der Waals surface area contributed by atoms with Gasteiger partial charge in [-0.25, -0.2) is 4.39 Å². The lowest BCUT2D eigenvalue weighted by atomic mass is 9.98. The topological polar surface area (TPSA) is 26.3 Å². The Morgan fingerprint density at radius 1 is 1.29 bits per heavy atom. The van der Waals surface area contributed by atoms with E-state index in [4.69, 9.17) is 4.74 Å². The van der Waals surface area contributed by atoms with E-state index in [1.807, 2.05) is 37.3 Å². The Balaban J connectivity index is 2.15. The summed E-state index contributed by atoms with van der Waals surface area (Å²) in [5.41, 5.74) is 1.75. The number of ether oxygens (including phenoxy) is 1. The minimum absolute atomic E-state index is 0.0172. The predicted octanol–water partition coefficient (Wildman–Crippen LogP) is 4.86. The van der Waals surface area contributed by atoms with Crippen molar-refractivity contribution in [1.29, 1.82) is 0 Å². The number of carbonyl (C=O) groups is 1. The minimum Gasteiger partial charge on any atom is -0.485 e. The summed E-state index contributed by atoms with van der Waals surface area (Å²) in [7, 11) is 0. The van der Waals surface area contributed by atoms with E-state index in [1.165, 1.54) is 6.07 Å². The van der Waals surface area contributed by atoms with Crippen LogP contribution < -0.4 is 4.74 Å². The molecule has 0 spiro atoms. The van der Waals surface area contributed by atoms with Crippen LogP contribution in [0.1, 0.15) is 30.4 Å². The van der Waals surface area contributed by atoms with Gasteiger partial charge in [-0.1, -0.05) is 37.3 Å². The van der Waals surface area contributed by atoms with Crippen LogP contribution in [-0.4, -0.2) is 6.29 Å². The molecule has 2 aromatic rings. The Kier molecular flexibility index (Phi) is 5.51. The first-order valence-corrected chi connectivity index (χ1v) is 7.50. The molecule has 0 saturated carbocycles. The monoisotopic (exact) mass is 350 g/mol. The molecule has 0 aromatic heterocycles. The molecule has 2 nitrogen and oxygen atoms in total. The smallest absolute Gasteiger partial charge is 0.169 e. The van der Waals surface area contributed by atoms with Gasteiger partial charge >= 0.3 is 0 Å². The van der Waals surface area contributed by atoms with E-state index in [-0.39, 0.29) is 11.7 Å². The highest BCUT2D eigenvalue weighted by Gasteiger charge is 2.14. The maximum atomic E-state index is 14.2. The highest BCUT2D eigenvalue weighted by atomic mass is 79.9. The maximum Gasteiger partial charge on any atom is 0.169 e. The van der Waals surface area contributed by atoms with Gasteiger partial charge in [0.25, 0.3) is 0 Å². The van der Waals surface area contributed by atoms with Gasteiger partial charge in [-0.05, 0) is 45.1 Å². The first-order valence-electron chi connectivity index (χ1n) is 6.71. The molecule has 110 valence electrons. The Bertz CT molecular complexity index is 590. The van der Waals surface area contributed by atoms with E-state index < -0.39 is 5.82 Å². The Morgan fingerprint density at radius 2 is 2.00 bits per heavy atom. The molecular weight excluding hydrogens is 335 g/mol. The number of carbonyl (C=O) groups excluding carboxylic acids is 1. The molecule has 0 bridgehead atoms. The number of aldehydes is 1. The second-order valence-corrected chi connectivity index (χ2v) is 5.75. The van der Waals surface area contributed by atoms with Gasteiger partial charge in [-0.2, -0.15) is 0 Å². The van der Waals surface area contributed by atoms with Gasteiger partial charge in [0.1, 0.15) is 12.9 Å². The van der Waals surface area contributed by atoms with Gasteiger partial charge in [0.15, 0.2) is 11.6 Å². The lowest BCUT2D eigenvalue weighted by Gasteiger charge is -2.14. The molecular formula is C17H16BrFO2. The average molecular weight is 351 g/mol. The molecule has 0 aliphatic heterocycles. The molecule has 0 radical (unpaired) electrons. The van der Waals surface area contributed by atoms with Crippen LogP contribution in [0.4, 0.5) is 4.39 Å². The number of hydrogen-bond acceptors (Lipinski definition) is 2. The summed E-state index contributed by atoms with van der Waals surface area (Å²) in [6.45, 7) is 2.19. The summed E-state index contributed by atoms with van der Waals surface area (Å²) in [6, 6.07) is 12.8. The fourth-order valence-electron chi connectivity index (χ4n) is 2.01. The van der Waals surface area contributed by atoms with Crippen molar-refractivity contribution in [2.24, 2.45) is 0 Å². The molecule has 0 heterocycles. The van der Waals surface area contributed by atoms with Crippen LogP contribution in [-0.2, 0) is 11.4 Å². The van der Waals surface area contributed by atoms with Crippen molar-refractivity contribution in [3.63, 3.8) is 0 Å². The van der Waals surface area contributed by atoms with Crippen LogP contribution >= 0.6 is 15.9 Å². The highest BCUT2D eigenvalue weighted by Crippen LogP contribution is 2.33. The van der Waals surface area contributed by atoms with Crippen molar-refractivity contribution in [2.45, 2.75) is 25.9 Å². The number of benzene rings is 2. The van der Waals surface area contributed by atoms with Crippen molar-refractivity contribution >= 4 is 22.2 Å². The zero-order valence-corrected chi connectivity index (χ0v) is 13.3. The van der Waals surface area contributed by atoms with Crippen LogP contribution in [0.5, 0.6) is 5.75 Å². The molecule has 0 saturated heterocycles. The second-order valence-electron chi connectivity index (χ2n) is 4.89. The molecule has 0 fully saturated rings. The Hall–Kier alpha value is -1.68. The summed E-state index contributed by atoms with van der Waals surface area (Å²) in [6.07, 6.45) is 1.21. The van der Waals surface area contributed by atoms with E-state index in [0.29, 0.717) is 17.5 Å². The molecule has 2 aromatic carbocycles. The highest BCUT2D eigenvalue weighted by molar-refractivity contribution is 9.10. The van der Waals surface area contributed by atoms with Crippen LogP contribution in [0.25, 0.3) is 0 Å². The third-order valence-corrected chi connectivity index (χ3v) is 3.85. The molecule has 0 N–H and O–H groups in total. The number of rotatable bonds is 6. The second kappa shape index (κ2) is 7.36. The molecule has 1 unspecified atom stereocenters. The predicted molar refractivity (Wildman–Crippen MR) is 84.0 cm³/mol. The van der Waals surface area contributed by atoms with Gasteiger partial charge in [0, 0.05) is 6.42 Å². The van der Waals surface area contributed by atoms with E-state index in [1.54, 1.807) is 6.07 Å². The third-order valence-electron chi connectivity index (χ3n) is 3.27. The lowest BCUT2D eigenvalue weighted by molar-refractivity contribution is -0.108. The Labute approximate surface area is 132 Å². The van der Waals surface area contributed by atoms with Crippen molar-refractivity contribution < 1.29 is 13.9 Å². The minimum atomic E-state index is -0.423. The average Bonchev–Trinajstić information content (AvgIpc) is 2.47. The Morgan fingerprint density at radius 3 is 2.62 bits per heavy atom. The van der Waals surface area contributed by atoms with E-state index in [9.17, 15) is 9.18 Å². The maximum absolute atomic E-state index is 14.2. The molecule has 0 aliphatic rings. The summed E-state index contributed by atoms with van der Waals surface area (Å²) < 4.78 is 20.3. The molecule has 2 rings (SSSR count). The normalized spacial score (nSPS) is 12.0. The summed E-state index contributed by atoms with van der Waals surface area (Å²) >= 11 is 3.34. The number of halogens is 2. The summed E-state index contributed by atoms with van der Waals surface area (Å²) in [4.78, 5) is 10.6. The largest absolute Gasteiger partial charge is 0.485 e. The van der Waals surface area contributed by atoms with Crippen LogP contribution in [0, 0.1) is 5.82 Å². The molecule has 4 heteroatoms. The van der Waals surface area contributed by atoms with E-state index in [2.05, 4.69) is 15.9 Å². The van der Waals surface area contributed by atoms with Crippen LogP contribution in [0.15, 0.2) is 46.9 Å². The van der Waals surface area contributed by atoms with Gasteiger partial charge in [-0.15, -0.1) is 0 Å². The summed E-state index contributed by atoms with van der Waals surface area (Å²) in [5, 5.41) is 0. The molecule has 21 heavy (non-hydrogen) atoms. The van der Waals surface area contributed by atoms with Crippen molar-refractivity contribution in [3.05, 3.63) is 63.9 Å². The van der Waals surface area contributed by atoms with Gasteiger partial charge in [0.05, 0.1) is 4.47 Å². The third kappa shape index (κ3) is 4.14. The zero-order valence-electron chi connectivity index (χ0n) is 11.7. The molecule has 0 amide bonds. The van der Waals surface area contributed by atoms with Gasteiger partial charge in [0.2, 0.25) is 0 Å². The van der Waals surface area contributed by atoms with Gasteiger partial charge < -0.3 is 9.53 Å². The van der Waals surface area contributed by atoms with E-state index in [0.717, 1.165) is 17.4 Å². The fraction of sp³-hybridized carbons (Fsp3) is 0.235. The van der Waals surface area contributed by atoms with Crippen LogP contribution in [0.3, 0.4) is 0 Å². The van der Waals surface area contributed by atoms with Gasteiger partial charge in [-0.3, -0.25) is 0 Å². The molecule has 1 atom stereocenters. The van der Waals surface area contributed by atoms with Crippen molar-refractivity contribution in [3.8, 4) is 5.75 Å². The quantitative estimate of drug-likeness (QED) is 0.695.